The molecule has 1 saturated heterocycles. The van der Waals surface area contributed by atoms with Crippen LogP contribution < -0.4 is 10.6 Å². The zero-order chi connectivity index (χ0) is 20.6. The molecule has 2 aromatic rings. The van der Waals surface area contributed by atoms with Crippen molar-refractivity contribution < 1.29 is 14.4 Å². The summed E-state index contributed by atoms with van der Waals surface area (Å²) < 4.78 is 0. The average molecular weight is 393 g/mol. The molecule has 0 radical (unpaired) electrons. The number of hydrogen-bond donors (Lipinski definition) is 2. The van der Waals surface area contributed by atoms with E-state index in [0.29, 0.717) is 30.8 Å². The molecule has 2 N–H and O–H groups in total. The summed E-state index contributed by atoms with van der Waals surface area (Å²) in [5.74, 6) is -0.0996. The number of amides is 3. The Bertz CT molecular complexity index is 841. The van der Waals surface area contributed by atoms with Crippen LogP contribution in [0.25, 0.3) is 0 Å². The van der Waals surface area contributed by atoms with E-state index in [2.05, 4.69) is 10.6 Å². The van der Waals surface area contributed by atoms with Crippen molar-refractivity contribution in [1.82, 2.24) is 10.2 Å². The monoisotopic (exact) mass is 393 g/mol. The van der Waals surface area contributed by atoms with E-state index < -0.39 is 0 Å². The zero-order valence-corrected chi connectivity index (χ0v) is 16.7. The van der Waals surface area contributed by atoms with Gasteiger partial charge in [-0.15, -0.1) is 0 Å². The topological polar surface area (TPSA) is 78.5 Å². The lowest BCUT2D eigenvalue weighted by Crippen LogP contribution is -2.46. The summed E-state index contributed by atoms with van der Waals surface area (Å²) in [5, 5.41) is 5.79. The van der Waals surface area contributed by atoms with Crippen LogP contribution in [0.2, 0.25) is 0 Å². The van der Waals surface area contributed by atoms with Gasteiger partial charge in [0.15, 0.2) is 0 Å². The molecule has 6 nitrogen and oxygen atoms in total. The maximum atomic E-state index is 12.7. The normalized spacial score (nSPS) is 14.3. The number of nitrogens with zero attached hydrogens (tertiary/aromatic N) is 1. The second-order valence-corrected chi connectivity index (χ2v) is 7.38. The molecule has 1 aliphatic rings. The summed E-state index contributed by atoms with van der Waals surface area (Å²) in [6.07, 6.45) is 2.72. The first-order valence-corrected chi connectivity index (χ1v) is 10.0. The third-order valence-electron chi connectivity index (χ3n) is 5.08. The first-order chi connectivity index (χ1) is 14.0. The molecule has 0 aromatic heterocycles. The van der Waals surface area contributed by atoms with Crippen molar-refractivity contribution in [3.8, 4) is 0 Å². The molecule has 2 aromatic carbocycles. The fourth-order valence-electron chi connectivity index (χ4n) is 3.51. The van der Waals surface area contributed by atoms with E-state index >= 15 is 0 Å². The van der Waals surface area contributed by atoms with Crippen molar-refractivity contribution in [2.75, 3.05) is 18.4 Å². The zero-order valence-electron chi connectivity index (χ0n) is 16.7. The van der Waals surface area contributed by atoms with Crippen LogP contribution in [0, 0.1) is 0 Å². The quantitative estimate of drug-likeness (QED) is 0.792. The maximum absolute atomic E-state index is 12.7. The van der Waals surface area contributed by atoms with Gasteiger partial charge in [-0.2, -0.15) is 0 Å². The number of likely N-dealkylation sites (tertiary alicyclic amines) is 1. The van der Waals surface area contributed by atoms with E-state index in [-0.39, 0.29) is 23.8 Å². The van der Waals surface area contributed by atoms with Crippen molar-refractivity contribution in [3.63, 3.8) is 0 Å². The number of piperidine rings is 1. The van der Waals surface area contributed by atoms with Crippen LogP contribution in [0.4, 0.5) is 5.69 Å². The van der Waals surface area contributed by atoms with E-state index in [1.54, 1.807) is 24.3 Å². The molecule has 3 amide bonds. The van der Waals surface area contributed by atoms with Crippen LogP contribution in [-0.2, 0) is 16.0 Å². The Balaban J connectivity index is 1.43. The number of aryl methyl sites for hydroxylation is 1. The largest absolute Gasteiger partial charge is 0.353 e. The molecular weight excluding hydrogens is 366 g/mol. The van der Waals surface area contributed by atoms with Crippen LogP contribution in [0.1, 0.15) is 42.1 Å². The summed E-state index contributed by atoms with van der Waals surface area (Å²) in [6.45, 7) is 2.69. The Morgan fingerprint density at radius 1 is 0.966 bits per heavy atom. The first kappa shape index (κ1) is 20.6. The number of rotatable bonds is 6. The lowest BCUT2D eigenvalue weighted by molar-refractivity contribution is -0.122. The van der Waals surface area contributed by atoms with Crippen LogP contribution in [0.15, 0.2) is 54.6 Å². The number of carbonyl (C=O) groups excluding carboxylic acids is 3. The molecule has 0 bridgehead atoms. The highest BCUT2D eigenvalue weighted by molar-refractivity contribution is 5.95. The molecule has 29 heavy (non-hydrogen) atoms. The Morgan fingerprint density at radius 2 is 1.62 bits per heavy atom. The molecule has 0 atom stereocenters. The minimum atomic E-state index is -0.142. The highest BCUT2D eigenvalue weighted by Gasteiger charge is 2.24. The molecule has 0 saturated carbocycles. The first-order valence-electron chi connectivity index (χ1n) is 10.0. The second-order valence-electron chi connectivity index (χ2n) is 7.38. The SMILES string of the molecule is CC(=O)Nc1ccc(C(=O)N2CCC(NC(=O)CCc3ccccc3)CC2)cc1. The molecule has 3 rings (SSSR count). The lowest BCUT2D eigenvalue weighted by Gasteiger charge is -2.32. The molecular formula is C23H27N3O3. The molecule has 0 aliphatic carbocycles. The van der Waals surface area contributed by atoms with Gasteiger partial charge in [-0.05, 0) is 49.1 Å². The third-order valence-corrected chi connectivity index (χ3v) is 5.08. The van der Waals surface area contributed by atoms with E-state index in [9.17, 15) is 14.4 Å². The van der Waals surface area contributed by atoms with E-state index in [0.717, 1.165) is 24.8 Å². The smallest absolute Gasteiger partial charge is 0.253 e. The van der Waals surface area contributed by atoms with Crippen LogP contribution in [-0.4, -0.2) is 41.8 Å². The number of benzene rings is 2. The Labute approximate surface area is 171 Å². The van der Waals surface area contributed by atoms with Crippen LogP contribution in [0.3, 0.4) is 0 Å². The summed E-state index contributed by atoms with van der Waals surface area (Å²) in [6, 6.07) is 17.0. The van der Waals surface area contributed by atoms with Gasteiger partial charge < -0.3 is 15.5 Å². The molecule has 152 valence electrons. The standard InChI is InChI=1S/C23H27N3O3/c1-17(27)24-20-10-8-19(9-11-20)23(29)26-15-13-21(14-16-26)25-22(28)12-7-18-5-3-2-4-6-18/h2-6,8-11,21H,7,12-16H2,1H3,(H,24,27)(H,25,28). The number of anilines is 1. The van der Waals surface area contributed by atoms with Crippen molar-refractivity contribution >= 4 is 23.4 Å². The van der Waals surface area contributed by atoms with E-state index in [4.69, 9.17) is 0 Å². The fourth-order valence-corrected chi connectivity index (χ4v) is 3.51. The number of hydrogen-bond acceptors (Lipinski definition) is 3. The minimum absolute atomic E-state index is 0.0202. The number of carbonyl (C=O) groups is 3. The van der Waals surface area contributed by atoms with E-state index in [1.165, 1.54) is 6.92 Å². The molecule has 1 aliphatic heterocycles. The maximum Gasteiger partial charge on any atom is 0.253 e. The van der Waals surface area contributed by atoms with Gasteiger partial charge in [-0.25, -0.2) is 0 Å². The van der Waals surface area contributed by atoms with Crippen LogP contribution >= 0.6 is 0 Å². The highest BCUT2D eigenvalue weighted by Crippen LogP contribution is 2.16. The fraction of sp³-hybridized carbons (Fsp3) is 0.348. The molecule has 1 heterocycles. The average Bonchev–Trinajstić information content (AvgIpc) is 2.73. The van der Waals surface area contributed by atoms with Gasteiger partial charge in [0.25, 0.3) is 5.91 Å². The molecule has 1 fully saturated rings. The van der Waals surface area contributed by atoms with Gasteiger partial charge >= 0.3 is 0 Å². The number of nitrogens with one attached hydrogen (secondary N) is 2. The predicted octanol–water partition coefficient (Wildman–Crippen LogP) is 3.00. The van der Waals surface area contributed by atoms with Gasteiger partial charge in [-0.3, -0.25) is 14.4 Å². The summed E-state index contributed by atoms with van der Waals surface area (Å²) in [4.78, 5) is 37.8. The Morgan fingerprint density at radius 3 is 2.24 bits per heavy atom. The van der Waals surface area contributed by atoms with Gasteiger partial charge in [0.05, 0.1) is 0 Å². The third kappa shape index (κ3) is 6.17. The van der Waals surface area contributed by atoms with Gasteiger partial charge in [0.1, 0.15) is 0 Å². The van der Waals surface area contributed by atoms with Gasteiger partial charge in [0.2, 0.25) is 11.8 Å². The van der Waals surface area contributed by atoms with Crippen molar-refractivity contribution in [2.24, 2.45) is 0 Å². The summed E-state index contributed by atoms with van der Waals surface area (Å²) in [5.41, 5.74) is 2.43. The van der Waals surface area contributed by atoms with Gasteiger partial charge in [-0.1, -0.05) is 30.3 Å². The lowest BCUT2D eigenvalue weighted by atomic mass is 10.0. The second kappa shape index (κ2) is 9.87. The van der Waals surface area contributed by atoms with Crippen molar-refractivity contribution in [1.29, 1.82) is 0 Å². The van der Waals surface area contributed by atoms with Crippen LogP contribution in [0.5, 0.6) is 0 Å². The predicted molar refractivity (Wildman–Crippen MR) is 113 cm³/mol. The molecule has 0 spiro atoms. The minimum Gasteiger partial charge on any atom is -0.353 e. The Hall–Kier alpha value is -3.15. The van der Waals surface area contributed by atoms with Crippen molar-refractivity contribution in [3.05, 3.63) is 65.7 Å². The molecule has 0 unspecified atom stereocenters. The molecule has 6 heteroatoms. The highest BCUT2D eigenvalue weighted by atomic mass is 16.2. The van der Waals surface area contributed by atoms with E-state index in [1.807, 2.05) is 35.2 Å². The summed E-state index contributed by atoms with van der Waals surface area (Å²) in [7, 11) is 0. The summed E-state index contributed by atoms with van der Waals surface area (Å²) >= 11 is 0. The Kier molecular flexibility index (Phi) is 7.00. The van der Waals surface area contributed by atoms with Crippen molar-refractivity contribution in [2.45, 2.75) is 38.6 Å². The van der Waals surface area contributed by atoms with Gasteiger partial charge in [0, 0.05) is 43.7 Å².